The maximum Gasteiger partial charge on any atom is 0.256 e. The summed E-state index contributed by atoms with van der Waals surface area (Å²) in [5.41, 5.74) is 1.56. The van der Waals surface area contributed by atoms with Crippen LogP contribution in [0.4, 0.5) is 5.69 Å². The van der Waals surface area contributed by atoms with Gasteiger partial charge in [0.2, 0.25) is 0 Å². The molecular formula is C29H27Cl2N3O5. The van der Waals surface area contributed by atoms with Crippen LogP contribution in [0.15, 0.2) is 60.7 Å². The van der Waals surface area contributed by atoms with Crippen LogP contribution < -0.4 is 14.8 Å². The summed E-state index contributed by atoms with van der Waals surface area (Å²) in [5, 5.41) is 16.7. The van der Waals surface area contributed by atoms with Gasteiger partial charge in [0.05, 0.1) is 22.6 Å². The molecule has 0 unspecified atom stereocenters. The Morgan fingerprint density at radius 1 is 1.08 bits per heavy atom. The van der Waals surface area contributed by atoms with Gasteiger partial charge in [-0.15, -0.1) is 0 Å². The summed E-state index contributed by atoms with van der Waals surface area (Å²) < 4.78 is 12.0. The molecule has 0 bridgehead atoms. The van der Waals surface area contributed by atoms with Crippen molar-refractivity contribution in [3.8, 4) is 11.5 Å². The van der Waals surface area contributed by atoms with E-state index in [1.165, 1.54) is 0 Å². The average Bonchev–Trinajstić information content (AvgIpc) is 3.58. The number of nitro groups is 1. The third-order valence-corrected chi connectivity index (χ3v) is 8.86. The first-order valence-electron chi connectivity index (χ1n) is 13.0. The molecule has 0 saturated carbocycles. The number of amides is 1. The molecule has 3 aromatic rings. The van der Waals surface area contributed by atoms with Crippen LogP contribution >= 0.6 is 23.2 Å². The van der Waals surface area contributed by atoms with Crippen molar-refractivity contribution < 1.29 is 19.2 Å². The maximum absolute atomic E-state index is 13.7. The Bertz CT molecular complexity index is 1470. The van der Waals surface area contributed by atoms with E-state index in [0.29, 0.717) is 45.9 Å². The third-order valence-electron chi connectivity index (χ3n) is 8.13. The van der Waals surface area contributed by atoms with Crippen molar-refractivity contribution in [1.29, 1.82) is 0 Å². The van der Waals surface area contributed by atoms with Gasteiger partial charge in [-0.2, -0.15) is 0 Å². The lowest BCUT2D eigenvalue weighted by molar-refractivity contribution is -0.534. The minimum Gasteiger partial charge on any atom is -0.490 e. The van der Waals surface area contributed by atoms with Gasteiger partial charge in [-0.05, 0) is 61.2 Å². The fraction of sp³-hybridized carbons (Fsp3) is 0.345. The van der Waals surface area contributed by atoms with Gasteiger partial charge in [-0.3, -0.25) is 19.8 Å². The molecule has 8 nitrogen and oxygen atoms in total. The Kier molecular flexibility index (Phi) is 6.65. The number of anilines is 1. The molecule has 3 aromatic carbocycles. The number of benzene rings is 3. The molecule has 10 heteroatoms. The first-order valence-corrected chi connectivity index (χ1v) is 13.8. The van der Waals surface area contributed by atoms with Crippen LogP contribution in [-0.2, 0) is 16.9 Å². The second kappa shape index (κ2) is 10.0. The van der Waals surface area contributed by atoms with Gasteiger partial charge in [0, 0.05) is 28.8 Å². The highest BCUT2D eigenvalue weighted by atomic mass is 35.5. The topological polar surface area (TPSA) is 93.9 Å². The van der Waals surface area contributed by atoms with Gasteiger partial charge in [0.15, 0.2) is 17.0 Å². The molecule has 6 rings (SSSR count). The van der Waals surface area contributed by atoms with E-state index in [0.717, 1.165) is 24.0 Å². The van der Waals surface area contributed by atoms with Gasteiger partial charge >= 0.3 is 0 Å². The Balaban J connectivity index is 1.39. The number of carbonyl (C=O) groups excluding carboxylic acids is 1. The standard InChI is InChI=1S/C29H27Cl2N3O5/c1-2-38-25-15-18(10-12-24(25)39-16-17-9-11-20(30)21(31)14-17)26-23-8-5-13-33(23)29(27(26)34(36)37)19-6-3-4-7-22(19)32-28(29)35/h3-4,6-7,9-12,14-15,23,26-27H,2,5,8,13,16H2,1H3,(H,32,35)/t23-,26+,27-,29-/m0/s1. The molecule has 39 heavy (non-hydrogen) atoms. The monoisotopic (exact) mass is 567 g/mol. The number of fused-ring (bicyclic) bond motifs is 4. The second-order valence-corrected chi connectivity index (χ2v) is 10.9. The summed E-state index contributed by atoms with van der Waals surface area (Å²) in [4.78, 5) is 28.3. The number of nitrogens with one attached hydrogen (secondary N) is 1. The number of para-hydroxylation sites is 1. The van der Waals surface area contributed by atoms with Crippen molar-refractivity contribution >= 4 is 34.8 Å². The predicted molar refractivity (Wildman–Crippen MR) is 148 cm³/mol. The number of halogens is 2. The normalized spacial score (nSPS) is 25.4. The zero-order valence-electron chi connectivity index (χ0n) is 21.2. The smallest absolute Gasteiger partial charge is 0.256 e. The predicted octanol–water partition coefficient (Wildman–Crippen LogP) is 6.03. The molecule has 0 radical (unpaired) electrons. The van der Waals surface area contributed by atoms with E-state index < -0.39 is 17.5 Å². The van der Waals surface area contributed by atoms with Gasteiger partial charge in [0.1, 0.15) is 6.61 Å². The van der Waals surface area contributed by atoms with E-state index in [9.17, 15) is 14.9 Å². The zero-order chi connectivity index (χ0) is 27.3. The fourth-order valence-electron chi connectivity index (χ4n) is 6.69. The van der Waals surface area contributed by atoms with Crippen LogP contribution in [0.3, 0.4) is 0 Å². The molecule has 3 aliphatic heterocycles. The van der Waals surface area contributed by atoms with Crippen molar-refractivity contribution in [3.05, 3.63) is 97.5 Å². The van der Waals surface area contributed by atoms with Gasteiger partial charge in [-0.25, -0.2) is 0 Å². The van der Waals surface area contributed by atoms with Gasteiger partial charge in [0.25, 0.3) is 11.9 Å². The molecule has 3 heterocycles. The summed E-state index contributed by atoms with van der Waals surface area (Å²) in [6.45, 7) is 3.13. The Labute approximate surface area is 236 Å². The van der Waals surface area contributed by atoms with E-state index in [1.54, 1.807) is 18.2 Å². The molecule has 1 N–H and O–H groups in total. The lowest BCUT2D eigenvalue weighted by Crippen LogP contribution is -2.55. The molecule has 0 aliphatic carbocycles. The van der Waals surface area contributed by atoms with Crippen molar-refractivity contribution in [3.63, 3.8) is 0 Å². The summed E-state index contributed by atoms with van der Waals surface area (Å²) in [6, 6.07) is 16.8. The van der Waals surface area contributed by atoms with E-state index in [4.69, 9.17) is 32.7 Å². The summed E-state index contributed by atoms with van der Waals surface area (Å²) in [7, 11) is 0. The van der Waals surface area contributed by atoms with E-state index in [1.807, 2.05) is 49.4 Å². The van der Waals surface area contributed by atoms with Crippen molar-refractivity contribution in [2.75, 3.05) is 18.5 Å². The lowest BCUT2D eigenvalue weighted by Gasteiger charge is -2.32. The number of hydrogen-bond acceptors (Lipinski definition) is 6. The largest absolute Gasteiger partial charge is 0.490 e. The minimum absolute atomic E-state index is 0.158. The number of hydrogen-bond donors (Lipinski definition) is 1. The highest BCUT2D eigenvalue weighted by Crippen LogP contribution is 2.58. The van der Waals surface area contributed by atoms with Crippen LogP contribution in [0, 0.1) is 10.1 Å². The number of carbonyl (C=O) groups is 1. The maximum atomic E-state index is 13.7. The molecule has 4 atom stereocenters. The van der Waals surface area contributed by atoms with Gasteiger partial charge in [-0.1, -0.05) is 53.5 Å². The molecule has 2 fully saturated rings. The SMILES string of the molecule is CCOc1cc([C@H]2[C@H]([N+](=O)[O-])[C@@]3(C(=O)Nc4ccccc43)N3CCC[C@@H]23)ccc1OCc1ccc(Cl)c(Cl)c1. The zero-order valence-corrected chi connectivity index (χ0v) is 22.7. The molecule has 1 spiro atoms. The molecular weight excluding hydrogens is 541 g/mol. The molecule has 2 saturated heterocycles. The number of ether oxygens (including phenoxy) is 2. The van der Waals surface area contributed by atoms with Crippen LogP contribution in [0.2, 0.25) is 10.0 Å². The van der Waals surface area contributed by atoms with Crippen molar-refractivity contribution in [1.82, 2.24) is 4.90 Å². The summed E-state index contributed by atoms with van der Waals surface area (Å²) in [6.07, 6.45) is 1.64. The molecule has 0 aromatic heterocycles. The Hall–Kier alpha value is -3.33. The Morgan fingerprint density at radius 2 is 1.90 bits per heavy atom. The Morgan fingerprint density at radius 3 is 2.67 bits per heavy atom. The van der Waals surface area contributed by atoms with Crippen LogP contribution in [0.25, 0.3) is 0 Å². The van der Waals surface area contributed by atoms with Crippen molar-refractivity contribution in [2.45, 2.75) is 49.9 Å². The first-order chi connectivity index (χ1) is 18.9. The summed E-state index contributed by atoms with van der Waals surface area (Å²) >= 11 is 12.2. The fourth-order valence-corrected chi connectivity index (χ4v) is 7.01. The van der Waals surface area contributed by atoms with E-state index in [-0.39, 0.29) is 23.5 Å². The van der Waals surface area contributed by atoms with E-state index in [2.05, 4.69) is 10.2 Å². The van der Waals surface area contributed by atoms with Crippen molar-refractivity contribution in [2.24, 2.45) is 0 Å². The van der Waals surface area contributed by atoms with Crippen LogP contribution in [0.5, 0.6) is 11.5 Å². The minimum atomic E-state index is -1.36. The van der Waals surface area contributed by atoms with E-state index >= 15 is 0 Å². The molecule has 3 aliphatic rings. The van der Waals surface area contributed by atoms with Gasteiger partial charge < -0.3 is 14.8 Å². The quantitative estimate of drug-likeness (QED) is 0.277. The first kappa shape index (κ1) is 25.9. The average molecular weight is 568 g/mol. The highest BCUT2D eigenvalue weighted by molar-refractivity contribution is 6.42. The number of nitrogens with zero attached hydrogens (tertiary/aromatic N) is 2. The van der Waals surface area contributed by atoms with Crippen LogP contribution in [0.1, 0.15) is 42.4 Å². The molecule has 1 amide bonds. The second-order valence-electron chi connectivity index (χ2n) is 10.1. The lowest BCUT2D eigenvalue weighted by atomic mass is 9.77. The summed E-state index contributed by atoms with van der Waals surface area (Å²) in [5.74, 6) is 0.178. The third kappa shape index (κ3) is 4.04. The molecule has 202 valence electrons. The van der Waals surface area contributed by atoms with Crippen LogP contribution in [-0.4, -0.2) is 41.0 Å². The highest BCUT2D eigenvalue weighted by Gasteiger charge is 2.73. The number of rotatable bonds is 7.